The summed E-state index contributed by atoms with van der Waals surface area (Å²) in [7, 11) is 0. The molecule has 0 saturated carbocycles. The SMILES string of the molecule is Cc1cc(C2c3ccccc3-c3ccccc32)cc(C2c3ccccc3-c3cc(C)ccc32)c1. The summed E-state index contributed by atoms with van der Waals surface area (Å²) in [6.07, 6.45) is 0. The molecule has 7 rings (SSSR count). The normalized spacial score (nSPS) is 15.5. The van der Waals surface area contributed by atoms with Crippen molar-refractivity contribution in [2.24, 2.45) is 0 Å². The van der Waals surface area contributed by atoms with Gasteiger partial charge in [0, 0.05) is 11.8 Å². The number of hydrogen-bond donors (Lipinski definition) is 0. The third kappa shape index (κ3) is 2.78. The molecular weight excluding hydrogens is 408 g/mol. The van der Waals surface area contributed by atoms with Gasteiger partial charge in [-0.1, -0.05) is 120 Å². The maximum absolute atomic E-state index is 2.48. The number of aryl methyl sites for hydroxylation is 2. The maximum atomic E-state index is 2.48. The van der Waals surface area contributed by atoms with Crippen molar-refractivity contribution in [3.05, 3.63) is 154 Å². The Morgan fingerprint density at radius 1 is 0.382 bits per heavy atom. The van der Waals surface area contributed by atoms with E-state index in [-0.39, 0.29) is 11.8 Å². The highest BCUT2D eigenvalue weighted by Crippen LogP contribution is 2.51. The summed E-state index contributed by atoms with van der Waals surface area (Å²) < 4.78 is 0. The number of hydrogen-bond acceptors (Lipinski definition) is 0. The van der Waals surface area contributed by atoms with Gasteiger partial charge in [-0.3, -0.25) is 0 Å². The lowest BCUT2D eigenvalue weighted by atomic mass is 9.83. The van der Waals surface area contributed by atoms with E-state index in [0.717, 1.165) is 0 Å². The second-order valence-corrected chi connectivity index (χ2v) is 9.90. The van der Waals surface area contributed by atoms with E-state index < -0.39 is 0 Å². The van der Waals surface area contributed by atoms with E-state index >= 15 is 0 Å². The molecule has 5 aromatic carbocycles. The highest BCUT2D eigenvalue weighted by Gasteiger charge is 2.33. The van der Waals surface area contributed by atoms with Crippen LogP contribution in [0.5, 0.6) is 0 Å². The van der Waals surface area contributed by atoms with Crippen molar-refractivity contribution >= 4 is 0 Å². The van der Waals surface area contributed by atoms with Gasteiger partial charge in [0.15, 0.2) is 0 Å². The third-order valence-electron chi connectivity index (χ3n) is 7.70. The third-order valence-corrected chi connectivity index (χ3v) is 7.70. The Balaban J connectivity index is 1.44. The lowest BCUT2D eigenvalue weighted by Gasteiger charge is -2.20. The fourth-order valence-electron chi connectivity index (χ4n) is 6.37. The fourth-order valence-corrected chi connectivity index (χ4v) is 6.37. The number of benzene rings is 5. The van der Waals surface area contributed by atoms with Gasteiger partial charge in [-0.2, -0.15) is 0 Å². The zero-order valence-corrected chi connectivity index (χ0v) is 19.5. The first-order chi connectivity index (χ1) is 16.7. The molecular formula is C34H26. The zero-order valence-electron chi connectivity index (χ0n) is 19.5. The van der Waals surface area contributed by atoms with Crippen LogP contribution in [0.25, 0.3) is 22.3 Å². The first-order valence-electron chi connectivity index (χ1n) is 12.2. The Hall–Kier alpha value is -3.90. The first-order valence-corrected chi connectivity index (χ1v) is 12.2. The molecule has 0 bridgehead atoms. The van der Waals surface area contributed by atoms with Gasteiger partial charge in [0.1, 0.15) is 0 Å². The van der Waals surface area contributed by atoms with Gasteiger partial charge >= 0.3 is 0 Å². The topological polar surface area (TPSA) is 0 Å². The molecule has 0 saturated heterocycles. The molecule has 2 aliphatic rings. The van der Waals surface area contributed by atoms with Crippen molar-refractivity contribution < 1.29 is 0 Å². The maximum Gasteiger partial charge on any atom is 0.0352 e. The van der Waals surface area contributed by atoms with E-state index in [1.54, 1.807) is 0 Å². The summed E-state index contributed by atoms with van der Waals surface area (Å²) in [5.41, 5.74) is 16.6. The summed E-state index contributed by atoms with van der Waals surface area (Å²) in [5, 5.41) is 0. The number of rotatable bonds is 2. The molecule has 1 atom stereocenters. The lowest BCUT2D eigenvalue weighted by molar-refractivity contribution is 0.966. The van der Waals surface area contributed by atoms with Gasteiger partial charge in [-0.05, 0) is 69.5 Å². The van der Waals surface area contributed by atoms with Crippen LogP contribution in [0.3, 0.4) is 0 Å². The molecule has 0 spiro atoms. The summed E-state index contributed by atoms with van der Waals surface area (Å²) in [5.74, 6) is 0.553. The van der Waals surface area contributed by atoms with Crippen molar-refractivity contribution in [1.29, 1.82) is 0 Å². The molecule has 5 aromatic rings. The van der Waals surface area contributed by atoms with Gasteiger partial charge in [0.2, 0.25) is 0 Å². The minimum absolute atomic E-state index is 0.275. The van der Waals surface area contributed by atoms with Crippen LogP contribution in [0.2, 0.25) is 0 Å². The standard InChI is InChI=1S/C34H26/c1-21-15-16-31-32(19-21)27-11-5-8-14-30(27)34(31)24-18-22(2)17-23(20-24)33-28-12-6-3-9-25(28)26-10-4-7-13-29(26)33/h3-20,33-34H,1-2H3. The van der Waals surface area contributed by atoms with Gasteiger partial charge < -0.3 is 0 Å². The average Bonchev–Trinajstić information content (AvgIpc) is 3.36. The molecule has 0 fully saturated rings. The van der Waals surface area contributed by atoms with Crippen molar-refractivity contribution in [3.63, 3.8) is 0 Å². The molecule has 0 amide bonds. The van der Waals surface area contributed by atoms with Crippen LogP contribution in [0, 0.1) is 13.8 Å². The summed E-state index contributed by atoms with van der Waals surface area (Å²) in [4.78, 5) is 0. The van der Waals surface area contributed by atoms with Crippen LogP contribution in [-0.4, -0.2) is 0 Å². The highest BCUT2D eigenvalue weighted by atomic mass is 14.4. The molecule has 0 nitrogen and oxygen atoms in total. The quantitative estimate of drug-likeness (QED) is 0.255. The minimum Gasteiger partial charge on any atom is -0.0619 e. The summed E-state index contributed by atoms with van der Waals surface area (Å²) in [6, 6.07) is 41.0. The predicted molar refractivity (Wildman–Crippen MR) is 142 cm³/mol. The Morgan fingerprint density at radius 3 is 1.35 bits per heavy atom. The van der Waals surface area contributed by atoms with Crippen LogP contribution < -0.4 is 0 Å². The fraction of sp³-hybridized carbons (Fsp3) is 0.118. The van der Waals surface area contributed by atoms with E-state index in [1.165, 1.54) is 66.8 Å². The van der Waals surface area contributed by atoms with Crippen molar-refractivity contribution in [1.82, 2.24) is 0 Å². The monoisotopic (exact) mass is 434 g/mol. The van der Waals surface area contributed by atoms with Gasteiger partial charge in [-0.15, -0.1) is 0 Å². The lowest BCUT2D eigenvalue weighted by Crippen LogP contribution is -2.05. The second kappa shape index (κ2) is 7.30. The molecule has 162 valence electrons. The highest BCUT2D eigenvalue weighted by molar-refractivity contribution is 5.82. The molecule has 0 N–H and O–H groups in total. The molecule has 2 aliphatic carbocycles. The Labute approximate surface area is 201 Å². The largest absolute Gasteiger partial charge is 0.0619 e. The second-order valence-electron chi connectivity index (χ2n) is 9.90. The molecule has 0 aromatic heterocycles. The Kier molecular flexibility index (Phi) is 4.20. The first kappa shape index (κ1) is 19.6. The molecule has 0 aliphatic heterocycles. The van der Waals surface area contributed by atoms with Crippen LogP contribution in [0.15, 0.2) is 109 Å². The van der Waals surface area contributed by atoms with E-state index in [9.17, 15) is 0 Å². The smallest absolute Gasteiger partial charge is 0.0352 e. The van der Waals surface area contributed by atoms with Crippen molar-refractivity contribution in [2.45, 2.75) is 25.7 Å². The van der Waals surface area contributed by atoms with E-state index in [4.69, 9.17) is 0 Å². The van der Waals surface area contributed by atoms with Crippen LogP contribution in [-0.2, 0) is 0 Å². The molecule has 1 unspecified atom stereocenters. The van der Waals surface area contributed by atoms with Gasteiger partial charge in [0.05, 0.1) is 0 Å². The molecule has 0 heteroatoms. The van der Waals surface area contributed by atoms with Gasteiger partial charge in [-0.25, -0.2) is 0 Å². The predicted octanol–water partition coefficient (Wildman–Crippen LogP) is 8.62. The molecule has 0 heterocycles. The average molecular weight is 435 g/mol. The van der Waals surface area contributed by atoms with Crippen LogP contribution in [0.4, 0.5) is 0 Å². The van der Waals surface area contributed by atoms with E-state index in [1.807, 2.05) is 0 Å². The summed E-state index contributed by atoms with van der Waals surface area (Å²) >= 11 is 0. The molecule has 34 heavy (non-hydrogen) atoms. The van der Waals surface area contributed by atoms with E-state index in [0.29, 0.717) is 0 Å². The molecule has 0 radical (unpaired) electrons. The van der Waals surface area contributed by atoms with E-state index in [2.05, 4.69) is 123 Å². The number of fused-ring (bicyclic) bond motifs is 6. The van der Waals surface area contributed by atoms with Crippen LogP contribution >= 0.6 is 0 Å². The zero-order chi connectivity index (χ0) is 22.8. The van der Waals surface area contributed by atoms with Crippen molar-refractivity contribution in [2.75, 3.05) is 0 Å². The Morgan fingerprint density at radius 2 is 0.824 bits per heavy atom. The van der Waals surface area contributed by atoms with Crippen LogP contribution in [0.1, 0.15) is 56.3 Å². The minimum atomic E-state index is 0.275. The van der Waals surface area contributed by atoms with Gasteiger partial charge in [0.25, 0.3) is 0 Å². The van der Waals surface area contributed by atoms with Crippen molar-refractivity contribution in [3.8, 4) is 22.3 Å². The summed E-state index contributed by atoms with van der Waals surface area (Å²) in [6.45, 7) is 4.44. The Bertz CT molecular complexity index is 1540.